The number of nitrogens with zero attached hydrogens (tertiary/aromatic N) is 6. The van der Waals surface area contributed by atoms with Crippen molar-refractivity contribution >= 4 is 29.4 Å². The lowest BCUT2D eigenvalue weighted by Crippen LogP contribution is -2.04. The lowest BCUT2D eigenvalue weighted by Gasteiger charge is -2.04. The lowest BCUT2D eigenvalue weighted by atomic mass is 10.4. The minimum absolute atomic E-state index is 0.0185. The first-order valence-electron chi connectivity index (χ1n) is 6.85. The summed E-state index contributed by atoms with van der Waals surface area (Å²) in [5.41, 5.74) is 5.38. The van der Waals surface area contributed by atoms with Crippen LogP contribution in [0, 0.1) is 0 Å². The number of hydrogen-bond acceptors (Lipinski definition) is 10. The number of aromatic carboxylic acids is 2. The maximum absolute atomic E-state index is 10.7. The zero-order chi connectivity index (χ0) is 18.9. The molecule has 0 spiro atoms. The van der Waals surface area contributed by atoms with E-state index in [1.54, 1.807) is 0 Å². The smallest absolute Gasteiger partial charge is 0.354 e. The highest BCUT2D eigenvalue weighted by Crippen LogP contribution is 2.12. The van der Waals surface area contributed by atoms with Crippen LogP contribution < -0.4 is 11.1 Å². The van der Waals surface area contributed by atoms with Gasteiger partial charge in [-0.05, 0) is 6.07 Å². The average molecular weight is 356 g/mol. The van der Waals surface area contributed by atoms with Gasteiger partial charge in [0.2, 0.25) is 0 Å². The Morgan fingerprint density at radius 3 is 2.00 bits per heavy atom. The van der Waals surface area contributed by atoms with Crippen LogP contribution >= 0.6 is 0 Å². The van der Waals surface area contributed by atoms with Crippen LogP contribution in [0.2, 0.25) is 0 Å². The molecule has 0 aromatic carbocycles. The number of anilines is 3. The summed E-state index contributed by atoms with van der Waals surface area (Å²) in [6, 6.07) is 4.13. The molecule has 0 fully saturated rings. The zero-order valence-corrected chi connectivity index (χ0v) is 13.0. The van der Waals surface area contributed by atoms with Crippen LogP contribution in [0.4, 0.5) is 17.5 Å². The summed E-state index contributed by atoms with van der Waals surface area (Å²) in [6.45, 7) is 0. The second-order valence-electron chi connectivity index (χ2n) is 4.45. The maximum atomic E-state index is 10.7. The predicted octanol–water partition coefficient (Wildman–Crippen LogP) is 0.465. The highest BCUT2D eigenvalue weighted by molar-refractivity contribution is 5.86. The van der Waals surface area contributed by atoms with Crippen LogP contribution in [-0.2, 0) is 0 Å². The molecule has 3 heterocycles. The second kappa shape index (κ2) is 8.58. The van der Waals surface area contributed by atoms with E-state index < -0.39 is 11.9 Å². The molecule has 3 rings (SSSR count). The fraction of sp³-hybridized carbons (Fsp3) is 0. The molecule has 0 bridgehead atoms. The third kappa shape index (κ3) is 5.45. The van der Waals surface area contributed by atoms with Gasteiger partial charge in [-0.25, -0.2) is 39.5 Å². The maximum Gasteiger partial charge on any atom is 0.354 e. The van der Waals surface area contributed by atoms with Crippen LogP contribution in [0.25, 0.3) is 0 Å². The Morgan fingerprint density at radius 2 is 1.46 bits per heavy atom. The van der Waals surface area contributed by atoms with E-state index in [1.807, 2.05) is 0 Å². The Kier molecular flexibility index (Phi) is 5.98. The van der Waals surface area contributed by atoms with Crippen molar-refractivity contribution in [3.63, 3.8) is 0 Å². The summed E-state index contributed by atoms with van der Waals surface area (Å²) in [5.74, 6) is -1.12. The molecule has 0 aliphatic rings. The first-order chi connectivity index (χ1) is 12.5. The molecule has 0 amide bonds. The van der Waals surface area contributed by atoms with E-state index in [9.17, 15) is 9.59 Å². The number of carbonyl (C=O) groups is 2. The van der Waals surface area contributed by atoms with Crippen LogP contribution in [0.15, 0.2) is 43.4 Å². The molecule has 0 aliphatic heterocycles. The number of nitrogens with two attached hydrogens (primary N) is 1. The molecule has 0 aliphatic carbocycles. The molecule has 0 radical (unpaired) electrons. The van der Waals surface area contributed by atoms with E-state index in [4.69, 9.17) is 15.9 Å². The molecule has 0 saturated carbocycles. The van der Waals surface area contributed by atoms with Gasteiger partial charge >= 0.3 is 11.9 Å². The monoisotopic (exact) mass is 356 g/mol. The minimum atomic E-state index is -1.13. The van der Waals surface area contributed by atoms with Crippen molar-refractivity contribution in [3.05, 3.63) is 54.8 Å². The summed E-state index contributed by atoms with van der Waals surface area (Å²) >= 11 is 0. The number of carboxylic acid groups (broad SMARTS) is 2. The van der Waals surface area contributed by atoms with Gasteiger partial charge in [-0.15, -0.1) is 0 Å². The van der Waals surface area contributed by atoms with Gasteiger partial charge in [0, 0.05) is 18.3 Å². The Morgan fingerprint density at radius 1 is 0.846 bits per heavy atom. The summed E-state index contributed by atoms with van der Waals surface area (Å²) in [7, 11) is 0. The SMILES string of the molecule is Nc1cc(Nc2cc(C(=O)O)ncn2)ncn1.O=C(O)c1ccncn1. The number of hydrogen-bond donors (Lipinski definition) is 4. The van der Waals surface area contributed by atoms with Gasteiger partial charge in [0.05, 0.1) is 0 Å². The molecule has 12 nitrogen and oxygen atoms in total. The van der Waals surface area contributed by atoms with Crippen LogP contribution in [0.1, 0.15) is 21.0 Å². The average Bonchev–Trinajstić information content (AvgIpc) is 2.63. The molecule has 3 aromatic rings. The largest absolute Gasteiger partial charge is 0.477 e. The van der Waals surface area contributed by atoms with Crippen LogP contribution in [0.3, 0.4) is 0 Å². The molecular weight excluding hydrogens is 344 g/mol. The van der Waals surface area contributed by atoms with Crippen molar-refractivity contribution in [2.45, 2.75) is 0 Å². The van der Waals surface area contributed by atoms with E-state index in [-0.39, 0.29) is 11.4 Å². The van der Waals surface area contributed by atoms with Gasteiger partial charge in [-0.2, -0.15) is 0 Å². The minimum Gasteiger partial charge on any atom is -0.477 e. The quantitative estimate of drug-likeness (QED) is 0.506. The summed E-state index contributed by atoms with van der Waals surface area (Å²) < 4.78 is 0. The molecule has 3 aromatic heterocycles. The molecule has 0 unspecified atom stereocenters. The van der Waals surface area contributed by atoms with Crippen molar-refractivity contribution in [1.29, 1.82) is 0 Å². The molecule has 5 N–H and O–H groups in total. The predicted molar refractivity (Wildman–Crippen MR) is 87.7 cm³/mol. The highest BCUT2D eigenvalue weighted by atomic mass is 16.4. The van der Waals surface area contributed by atoms with Crippen molar-refractivity contribution < 1.29 is 19.8 Å². The van der Waals surface area contributed by atoms with E-state index in [1.165, 1.54) is 37.1 Å². The highest BCUT2D eigenvalue weighted by Gasteiger charge is 2.06. The number of carboxylic acids is 2. The fourth-order valence-corrected chi connectivity index (χ4v) is 1.53. The van der Waals surface area contributed by atoms with Gasteiger partial charge in [0.1, 0.15) is 36.4 Å². The first kappa shape index (κ1) is 18.1. The number of aromatic nitrogens is 6. The molecule has 26 heavy (non-hydrogen) atoms. The Labute approximate surface area is 145 Å². The Hall–Kier alpha value is -4.22. The van der Waals surface area contributed by atoms with Crippen molar-refractivity contribution in [3.8, 4) is 0 Å². The van der Waals surface area contributed by atoms with Crippen LogP contribution in [-0.4, -0.2) is 52.1 Å². The fourth-order valence-electron chi connectivity index (χ4n) is 1.53. The summed E-state index contributed by atoms with van der Waals surface area (Å²) in [4.78, 5) is 42.9. The van der Waals surface area contributed by atoms with Gasteiger partial charge in [-0.1, -0.05) is 0 Å². The number of nitrogens with one attached hydrogen (secondary N) is 1. The van der Waals surface area contributed by atoms with Crippen molar-refractivity contribution in [1.82, 2.24) is 29.9 Å². The molecule has 0 saturated heterocycles. The second-order valence-corrected chi connectivity index (χ2v) is 4.45. The molecule has 12 heteroatoms. The number of rotatable bonds is 4. The zero-order valence-electron chi connectivity index (χ0n) is 13.0. The first-order valence-corrected chi connectivity index (χ1v) is 6.85. The van der Waals surface area contributed by atoms with Crippen LogP contribution in [0.5, 0.6) is 0 Å². The van der Waals surface area contributed by atoms with E-state index >= 15 is 0 Å². The van der Waals surface area contributed by atoms with Gasteiger partial charge in [0.15, 0.2) is 11.4 Å². The van der Waals surface area contributed by atoms with E-state index in [2.05, 4.69) is 35.2 Å². The van der Waals surface area contributed by atoms with Crippen molar-refractivity contribution in [2.75, 3.05) is 11.1 Å². The standard InChI is InChI=1S/C9H8N6O2.C5H4N2O2/c10-6-2-8(14-4-12-6)15-7-1-5(9(16)17)11-3-13-7;8-5(9)4-1-2-6-3-7-4/h1-4H,(H,16,17)(H3,10,11,12,13,14,15);1-3H,(H,8,9). The Bertz CT molecular complexity index is 906. The van der Waals surface area contributed by atoms with E-state index in [0.29, 0.717) is 17.5 Å². The summed E-state index contributed by atoms with van der Waals surface area (Å²) in [5, 5.41) is 19.8. The van der Waals surface area contributed by atoms with Crippen molar-refractivity contribution in [2.24, 2.45) is 0 Å². The Balaban J connectivity index is 0.000000228. The number of nitrogen functional groups attached to an aromatic ring is 1. The van der Waals surface area contributed by atoms with Gasteiger partial charge < -0.3 is 21.3 Å². The molecular formula is C14H12N8O4. The third-order valence-electron chi connectivity index (χ3n) is 2.63. The topological polar surface area (TPSA) is 190 Å². The third-order valence-corrected chi connectivity index (χ3v) is 2.63. The van der Waals surface area contributed by atoms with Gasteiger partial charge in [-0.3, -0.25) is 0 Å². The van der Waals surface area contributed by atoms with Gasteiger partial charge in [0.25, 0.3) is 0 Å². The van der Waals surface area contributed by atoms with E-state index in [0.717, 1.165) is 6.33 Å². The summed E-state index contributed by atoms with van der Waals surface area (Å²) in [6.07, 6.45) is 5.02. The molecule has 132 valence electrons. The lowest BCUT2D eigenvalue weighted by molar-refractivity contribution is 0.0679. The molecule has 0 atom stereocenters. The normalized spacial score (nSPS) is 9.54.